The van der Waals surface area contributed by atoms with Crippen LogP contribution in [-0.2, 0) is 0 Å². The number of amides is 1. The largest absolute Gasteiger partial charge is 0.306 e. The molecule has 1 saturated carbocycles. The lowest BCUT2D eigenvalue weighted by molar-refractivity contribution is 0.102. The van der Waals surface area contributed by atoms with Crippen molar-refractivity contribution in [2.45, 2.75) is 38.0 Å². The number of hydrogen-bond acceptors (Lipinski definition) is 4. The molecule has 0 radical (unpaired) electrons. The fraction of sp³-hybridized carbons (Fsp3) is 0.300. The van der Waals surface area contributed by atoms with Crippen molar-refractivity contribution in [3.63, 3.8) is 0 Å². The molecular weight excluding hydrogens is 312 g/mol. The van der Waals surface area contributed by atoms with Crippen molar-refractivity contribution < 1.29 is 4.79 Å². The number of fused-ring (bicyclic) bond motifs is 6. The van der Waals surface area contributed by atoms with Crippen molar-refractivity contribution in [1.82, 2.24) is 15.0 Å². The van der Waals surface area contributed by atoms with E-state index in [9.17, 15) is 4.79 Å². The summed E-state index contributed by atoms with van der Waals surface area (Å²) in [6.07, 6.45) is 5.32. The normalized spacial score (nSPS) is 20.7. The van der Waals surface area contributed by atoms with Crippen molar-refractivity contribution in [2.75, 3.05) is 5.32 Å². The van der Waals surface area contributed by atoms with Gasteiger partial charge in [-0.05, 0) is 56.0 Å². The molecule has 0 aliphatic heterocycles. The number of nitrogens with zero attached hydrogens (tertiary/aromatic N) is 3. The Balaban J connectivity index is 1.50. The maximum Gasteiger partial charge on any atom is 0.256 e. The molecule has 1 aromatic carbocycles. The SMILES string of the molecule is Cc1cccnc1NC(=O)c1ccc2nc3c(nc2c1)C1CCC3C1. The molecule has 5 heteroatoms. The number of pyridine rings is 1. The highest BCUT2D eigenvalue weighted by Gasteiger charge is 2.39. The molecular formula is C20H18N4O. The number of benzene rings is 1. The molecule has 1 fully saturated rings. The van der Waals surface area contributed by atoms with Crippen LogP contribution in [0.1, 0.15) is 58.4 Å². The minimum absolute atomic E-state index is 0.174. The summed E-state index contributed by atoms with van der Waals surface area (Å²) in [6.45, 7) is 1.92. The van der Waals surface area contributed by atoms with Gasteiger partial charge in [0.15, 0.2) is 0 Å². The number of hydrogen-bond donors (Lipinski definition) is 1. The molecule has 124 valence electrons. The molecule has 25 heavy (non-hydrogen) atoms. The van der Waals surface area contributed by atoms with Gasteiger partial charge < -0.3 is 5.32 Å². The molecule has 2 aromatic heterocycles. The van der Waals surface area contributed by atoms with Crippen LogP contribution in [0.25, 0.3) is 11.0 Å². The maximum atomic E-state index is 12.6. The van der Waals surface area contributed by atoms with E-state index in [0.29, 0.717) is 23.2 Å². The van der Waals surface area contributed by atoms with Crippen LogP contribution in [0.5, 0.6) is 0 Å². The van der Waals surface area contributed by atoms with E-state index in [0.717, 1.165) is 22.3 Å². The number of aromatic nitrogens is 3. The first-order valence-electron chi connectivity index (χ1n) is 8.73. The third-order valence-electron chi connectivity index (χ3n) is 5.43. The molecule has 3 aromatic rings. The molecule has 2 atom stereocenters. The van der Waals surface area contributed by atoms with Gasteiger partial charge in [-0.2, -0.15) is 0 Å². The van der Waals surface area contributed by atoms with Crippen LogP contribution < -0.4 is 5.32 Å². The van der Waals surface area contributed by atoms with Crippen LogP contribution in [0.4, 0.5) is 5.82 Å². The first-order chi connectivity index (χ1) is 12.2. The predicted molar refractivity (Wildman–Crippen MR) is 95.8 cm³/mol. The molecule has 1 N–H and O–H groups in total. The zero-order valence-electron chi connectivity index (χ0n) is 14.0. The Labute approximate surface area is 145 Å². The topological polar surface area (TPSA) is 67.8 Å². The van der Waals surface area contributed by atoms with E-state index in [1.807, 2.05) is 37.3 Å². The number of nitrogens with one attached hydrogen (secondary N) is 1. The van der Waals surface area contributed by atoms with E-state index in [1.165, 1.54) is 25.0 Å². The van der Waals surface area contributed by atoms with Gasteiger partial charge in [-0.3, -0.25) is 4.79 Å². The monoisotopic (exact) mass is 330 g/mol. The zero-order valence-corrected chi connectivity index (χ0v) is 14.0. The van der Waals surface area contributed by atoms with Crippen LogP contribution in [0.15, 0.2) is 36.5 Å². The zero-order chi connectivity index (χ0) is 17.0. The summed E-state index contributed by atoms with van der Waals surface area (Å²) >= 11 is 0. The van der Waals surface area contributed by atoms with E-state index >= 15 is 0 Å². The summed E-state index contributed by atoms with van der Waals surface area (Å²) in [5, 5.41) is 2.87. The second kappa shape index (κ2) is 5.34. The van der Waals surface area contributed by atoms with Crippen LogP contribution in [0.2, 0.25) is 0 Å². The van der Waals surface area contributed by atoms with Gasteiger partial charge in [0.2, 0.25) is 0 Å². The highest BCUT2D eigenvalue weighted by Crippen LogP contribution is 2.51. The van der Waals surface area contributed by atoms with Crippen molar-refractivity contribution in [3.8, 4) is 0 Å². The molecule has 5 rings (SSSR count). The van der Waals surface area contributed by atoms with E-state index in [2.05, 4.69) is 10.3 Å². The van der Waals surface area contributed by atoms with E-state index in [4.69, 9.17) is 9.97 Å². The Morgan fingerprint density at radius 1 is 1.08 bits per heavy atom. The summed E-state index contributed by atoms with van der Waals surface area (Å²) in [4.78, 5) is 26.5. The highest BCUT2D eigenvalue weighted by atomic mass is 16.1. The van der Waals surface area contributed by atoms with Gasteiger partial charge in [-0.1, -0.05) is 6.07 Å². The maximum absolute atomic E-state index is 12.6. The number of rotatable bonds is 2. The summed E-state index contributed by atoms with van der Waals surface area (Å²) in [7, 11) is 0. The molecule has 2 heterocycles. The van der Waals surface area contributed by atoms with Gasteiger partial charge in [0.1, 0.15) is 5.82 Å². The van der Waals surface area contributed by atoms with Gasteiger partial charge in [0.05, 0.1) is 22.4 Å². The van der Waals surface area contributed by atoms with Gasteiger partial charge >= 0.3 is 0 Å². The summed E-state index contributed by atoms with van der Waals surface area (Å²) < 4.78 is 0. The van der Waals surface area contributed by atoms with Crippen molar-refractivity contribution in [1.29, 1.82) is 0 Å². The third-order valence-corrected chi connectivity index (χ3v) is 5.43. The van der Waals surface area contributed by atoms with Gasteiger partial charge in [0.25, 0.3) is 5.91 Å². The first-order valence-corrected chi connectivity index (χ1v) is 8.73. The molecule has 2 bridgehead atoms. The summed E-state index contributed by atoms with van der Waals surface area (Å²) in [6, 6.07) is 9.32. The minimum Gasteiger partial charge on any atom is -0.306 e. The Morgan fingerprint density at radius 3 is 2.60 bits per heavy atom. The standard InChI is InChI=1S/C20H18N4O/c1-11-3-2-8-21-19(11)24-20(25)14-6-7-15-16(10-14)23-18-13-5-4-12(9-13)17(18)22-15/h2-3,6-8,10,12-13H,4-5,9H2,1H3,(H,21,24,25). The molecule has 0 saturated heterocycles. The first kappa shape index (κ1) is 14.5. The molecule has 1 amide bonds. The van der Waals surface area contributed by atoms with Crippen LogP contribution >= 0.6 is 0 Å². The minimum atomic E-state index is -0.174. The van der Waals surface area contributed by atoms with Crippen LogP contribution in [-0.4, -0.2) is 20.9 Å². The Bertz CT molecular complexity index is 1010. The second-order valence-electron chi connectivity index (χ2n) is 7.03. The number of carbonyl (C=O) groups excluding carboxylic acids is 1. The van der Waals surface area contributed by atoms with E-state index < -0.39 is 0 Å². The van der Waals surface area contributed by atoms with Gasteiger partial charge in [-0.15, -0.1) is 0 Å². The summed E-state index contributed by atoms with van der Waals surface area (Å²) in [5.74, 6) is 1.56. The number of aryl methyl sites for hydroxylation is 1. The lowest BCUT2D eigenvalue weighted by Gasteiger charge is -2.14. The quantitative estimate of drug-likeness (QED) is 0.772. The molecule has 2 aliphatic rings. The van der Waals surface area contributed by atoms with Crippen LogP contribution in [0.3, 0.4) is 0 Å². The Hall–Kier alpha value is -2.82. The van der Waals surface area contributed by atoms with Gasteiger partial charge in [0, 0.05) is 23.6 Å². The fourth-order valence-electron chi connectivity index (χ4n) is 4.10. The summed E-state index contributed by atoms with van der Waals surface area (Å²) in [5.41, 5.74) is 5.53. The van der Waals surface area contributed by atoms with E-state index in [-0.39, 0.29) is 5.91 Å². The van der Waals surface area contributed by atoms with Crippen LogP contribution in [0, 0.1) is 6.92 Å². The predicted octanol–water partition coefficient (Wildman–Crippen LogP) is 3.95. The average Bonchev–Trinajstić information content (AvgIpc) is 3.23. The lowest BCUT2D eigenvalue weighted by Crippen LogP contribution is -2.14. The van der Waals surface area contributed by atoms with Crippen molar-refractivity contribution >= 4 is 22.8 Å². The fourth-order valence-corrected chi connectivity index (χ4v) is 4.10. The second-order valence-corrected chi connectivity index (χ2v) is 7.03. The molecule has 2 unspecified atom stereocenters. The average molecular weight is 330 g/mol. The molecule has 5 nitrogen and oxygen atoms in total. The van der Waals surface area contributed by atoms with Crippen molar-refractivity contribution in [2.24, 2.45) is 0 Å². The van der Waals surface area contributed by atoms with E-state index in [1.54, 1.807) is 6.20 Å². The third kappa shape index (κ3) is 2.30. The Kier molecular flexibility index (Phi) is 3.10. The number of carbonyl (C=O) groups is 1. The lowest BCUT2D eigenvalue weighted by atomic mass is 10.00. The van der Waals surface area contributed by atoms with Crippen molar-refractivity contribution in [3.05, 3.63) is 59.0 Å². The Morgan fingerprint density at radius 2 is 1.84 bits per heavy atom. The van der Waals surface area contributed by atoms with Gasteiger partial charge in [-0.25, -0.2) is 15.0 Å². The highest BCUT2D eigenvalue weighted by molar-refractivity contribution is 6.05. The number of anilines is 1. The smallest absolute Gasteiger partial charge is 0.256 e. The molecule has 0 spiro atoms. The molecule has 2 aliphatic carbocycles.